The lowest BCUT2D eigenvalue weighted by Crippen LogP contribution is -2.42. The summed E-state index contributed by atoms with van der Waals surface area (Å²) in [4.78, 5) is 24.9. The van der Waals surface area contributed by atoms with Crippen LogP contribution in [0, 0.1) is 0 Å². The predicted molar refractivity (Wildman–Crippen MR) is 124 cm³/mol. The number of fused-ring (bicyclic) bond motifs is 5. The summed E-state index contributed by atoms with van der Waals surface area (Å²) in [7, 11) is 0. The largest absolute Gasteiger partial charge is 0.492 e. The Bertz CT molecular complexity index is 963. The van der Waals surface area contributed by atoms with Crippen LogP contribution in [0.1, 0.15) is 30.9 Å². The molecule has 2 amide bonds. The molecule has 2 unspecified atom stereocenters. The Kier molecular flexibility index (Phi) is 8.08. The number of rotatable bonds is 6. The number of hydrogen-bond acceptors (Lipinski definition) is 6. The van der Waals surface area contributed by atoms with Gasteiger partial charge in [-0.25, -0.2) is 0 Å². The van der Waals surface area contributed by atoms with Crippen LogP contribution in [0.15, 0.2) is 36.4 Å². The van der Waals surface area contributed by atoms with Gasteiger partial charge in [-0.05, 0) is 55.7 Å². The summed E-state index contributed by atoms with van der Waals surface area (Å²) in [5.74, 6) is 0.441. The number of benzene rings is 2. The highest BCUT2D eigenvalue weighted by molar-refractivity contribution is 5.89. The highest BCUT2D eigenvalue weighted by Gasteiger charge is 2.21. The molecule has 0 saturated heterocycles. The van der Waals surface area contributed by atoms with E-state index < -0.39 is 5.92 Å². The SMILES string of the molecule is CC1Cc2ccc(OCCN)c(c2)-c2cc(ccc2OCCN)C(C)C(=O)NCC(=O)N1. The Morgan fingerprint density at radius 1 is 0.938 bits per heavy atom. The first-order valence-electron chi connectivity index (χ1n) is 10.9. The first-order chi connectivity index (χ1) is 15.4. The van der Waals surface area contributed by atoms with E-state index in [1.54, 1.807) is 0 Å². The van der Waals surface area contributed by atoms with E-state index in [-0.39, 0.29) is 24.4 Å². The average Bonchev–Trinajstić information content (AvgIpc) is 2.79. The topological polar surface area (TPSA) is 129 Å². The molecular weight excluding hydrogens is 408 g/mol. The summed E-state index contributed by atoms with van der Waals surface area (Å²) in [6.07, 6.45) is 0.624. The van der Waals surface area contributed by atoms with Crippen molar-refractivity contribution in [2.75, 3.05) is 32.8 Å². The van der Waals surface area contributed by atoms with Crippen LogP contribution in [-0.2, 0) is 16.0 Å². The molecule has 8 heteroatoms. The summed E-state index contributed by atoms with van der Waals surface area (Å²) >= 11 is 0. The third kappa shape index (κ3) is 5.77. The van der Waals surface area contributed by atoms with Crippen molar-refractivity contribution in [2.45, 2.75) is 32.2 Å². The van der Waals surface area contributed by atoms with Crippen molar-refractivity contribution in [1.29, 1.82) is 0 Å². The monoisotopic (exact) mass is 440 g/mol. The molecule has 6 N–H and O–H groups in total. The van der Waals surface area contributed by atoms with Crippen molar-refractivity contribution in [3.8, 4) is 22.6 Å². The molecule has 8 nitrogen and oxygen atoms in total. The standard InChI is InChI=1S/C24H32N4O4/c1-15-11-17-3-5-21(31-9-7-25)19(12-17)20-13-18(4-6-22(20)32-10-8-26)16(2)24(30)27-14-23(29)28-15/h3-6,12-13,15-16H,7-11,14,25-26H2,1-2H3,(H,27,30)(H,28,29). The molecule has 0 fully saturated rings. The van der Waals surface area contributed by atoms with Gasteiger partial charge >= 0.3 is 0 Å². The van der Waals surface area contributed by atoms with Gasteiger partial charge in [-0.1, -0.05) is 12.1 Å². The van der Waals surface area contributed by atoms with E-state index in [9.17, 15) is 9.59 Å². The number of nitrogens with two attached hydrogens (primary N) is 2. The second-order valence-electron chi connectivity index (χ2n) is 7.97. The van der Waals surface area contributed by atoms with Gasteiger partial charge in [0.15, 0.2) is 0 Å². The van der Waals surface area contributed by atoms with Crippen LogP contribution in [0.5, 0.6) is 11.5 Å². The Morgan fingerprint density at radius 2 is 1.56 bits per heavy atom. The van der Waals surface area contributed by atoms with Gasteiger partial charge in [-0.15, -0.1) is 0 Å². The van der Waals surface area contributed by atoms with E-state index in [4.69, 9.17) is 20.9 Å². The van der Waals surface area contributed by atoms with Crippen molar-refractivity contribution in [2.24, 2.45) is 11.5 Å². The summed E-state index contributed by atoms with van der Waals surface area (Å²) in [5, 5.41) is 5.66. The van der Waals surface area contributed by atoms with E-state index in [1.807, 2.05) is 50.2 Å². The molecule has 0 spiro atoms. The maximum Gasteiger partial charge on any atom is 0.239 e. The fourth-order valence-electron chi connectivity index (χ4n) is 3.73. The van der Waals surface area contributed by atoms with Gasteiger partial charge in [-0.3, -0.25) is 9.59 Å². The number of hydrogen-bond donors (Lipinski definition) is 4. The summed E-state index contributed by atoms with van der Waals surface area (Å²) in [6.45, 7) is 5.19. The van der Waals surface area contributed by atoms with Crippen molar-refractivity contribution < 1.29 is 19.1 Å². The van der Waals surface area contributed by atoms with Crippen LogP contribution in [0.4, 0.5) is 0 Å². The van der Waals surface area contributed by atoms with Gasteiger partial charge < -0.3 is 31.6 Å². The molecule has 0 radical (unpaired) electrons. The smallest absolute Gasteiger partial charge is 0.239 e. The number of nitrogens with one attached hydrogen (secondary N) is 2. The molecule has 2 aromatic carbocycles. The van der Waals surface area contributed by atoms with E-state index in [1.165, 1.54) is 0 Å². The minimum Gasteiger partial charge on any atom is -0.492 e. The minimum atomic E-state index is -0.456. The van der Waals surface area contributed by atoms with Crippen molar-refractivity contribution in [1.82, 2.24) is 10.6 Å². The lowest BCUT2D eigenvalue weighted by molar-refractivity contribution is -0.127. The molecule has 0 aliphatic carbocycles. The molecule has 172 valence electrons. The Labute approximate surface area is 188 Å². The highest BCUT2D eigenvalue weighted by Crippen LogP contribution is 2.39. The number of carbonyl (C=O) groups excluding carboxylic acids is 2. The molecule has 32 heavy (non-hydrogen) atoms. The van der Waals surface area contributed by atoms with Crippen LogP contribution in [0.2, 0.25) is 0 Å². The van der Waals surface area contributed by atoms with Crippen LogP contribution in [0.3, 0.4) is 0 Å². The van der Waals surface area contributed by atoms with Crippen molar-refractivity contribution >= 4 is 11.8 Å². The second kappa shape index (κ2) is 11.0. The molecule has 0 aromatic heterocycles. The molecule has 2 atom stereocenters. The molecular formula is C24H32N4O4. The quantitative estimate of drug-likeness (QED) is 0.536. The molecule has 1 aliphatic heterocycles. The summed E-state index contributed by atoms with van der Waals surface area (Å²) < 4.78 is 11.9. The van der Waals surface area contributed by atoms with E-state index >= 15 is 0 Å². The van der Waals surface area contributed by atoms with Crippen LogP contribution in [-0.4, -0.2) is 50.7 Å². The van der Waals surface area contributed by atoms with Crippen LogP contribution < -0.4 is 31.6 Å². The van der Waals surface area contributed by atoms with Crippen LogP contribution >= 0.6 is 0 Å². The first-order valence-corrected chi connectivity index (χ1v) is 10.9. The first kappa shape index (κ1) is 23.6. The average molecular weight is 441 g/mol. The molecule has 1 heterocycles. The van der Waals surface area contributed by atoms with Crippen molar-refractivity contribution in [3.05, 3.63) is 47.5 Å². The number of carbonyl (C=O) groups is 2. The van der Waals surface area contributed by atoms with E-state index in [0.717, 1.165) is 22.3 Å². The number of amides is 2. The Morgan fingerprint density at radius 3 is 2.22 bits per heavy atom. The Balaban J connectivity index is 2.16. The fourth-order valence-corrected chi connectivity index (χ4v) is 3.73. The Hall–Kier alpha value is -3.10. The van der Waals surface area contributed by atoms with Gasteiger partial charge in [-0.2, -0.15) is 0 Å². The minimum absolute atomic E-state index is 0.0603. The van der Waals surface area contributed by atoms with Gasteiger partial charge in [0.05, 0.1) is 12.5 Å². The zero-order chi connectivity index (χ0) is 23.1. The third-order valence-corrected chi connectivity index (χ3v) is 5.35. The molecule has 2 aromatic rings. The third-order valence-electron chi connectivity index (χ3n) is 5.35. The maximum absolute atomic E-state index is 12.7. The summed E-state index contributed by atoms with van der Waals surface area (Å²) in [6, 6.07) is 11.5. The van der Waals surface area contributed by atoms with Gasteiger partial charge in [0.1, 0.15) is 24.7 Å². The molecule has 1 aliphatic rings. The molecule has 4 bridgehead atoms. The molecule has 3 rings (SSSR count). The van der Waals surface area contributed by atoms with Crippen molar-refractivity contribution in [3.63, 3.8) is 0 Å². The van der Waals surface area contributed by atoms with Gasteiger partial charge in [0.25, 0.3) is 0 Å². The zero-order valence-electron chi connectivity index (χ0n) is 18.6. The predicted octanol–water partition coefficient (Wildman–Crippen LogP) is 1.31. The normalized spacial score (nSPS) is 18.9. The van der Waals surface area contributed by atoms with E-state index in [2.05, 4.69) is 10.6 Å². The second-order valence-corrected chi connectivity index (χ2v) is 7.97. The van der Waals surface area contributed by atoms with Gasteiger partial charge in [0.2, 0.25) is 11.8 Å². The fraction of sp³-hybridized carbons (Fsp3) is 0.417. The molecule has 0 saturated carbocycles. The van der Waals surface area contributed by atoms with Crippen LogP contribution in [0.25, 0.3) is 11.1 Å². The lowest BCUT2D eigenvalue weighted by atomic mass is 9.92. The summed E-state index contributed by atoms with van der Waals surface area (Å²) in [5.41, 5.74) is 14.8. The zero-order valence-corrected chi connectivity index (χ0v) is 18.6. The lowest BCUT2D eigenvalue weighted by Gasteiger charge is -2.21. The highest BCUT2D eigenvalue weighted by atomic mass is 16.5. The van der Waals surface area contributed by atoms with Gasteiger partial charge in [0, 0.05) is 30.3 Å². The maximum atomic E-state index is 12.7. The number of ether oxygens (including phenoxy) is 2. The van der Waals surface area contributed by atoms with E-state index in [0.29, 0.717) is 44.2 Å².